The summed E-state index contributed by atoms with van der Waals surface area (Å²) < 4.78 is 22.7. The minimum atomic E-state index is -3.42. The van der Waals surface area contributed by atoms with Gasteiger partial charge in [0.2, 0.25) is 0 Å². The topological polar surface area (TPSA) is 75.0 Å². The molecule has 4 nitrogen and oxygen atoms in total. The lowest BCUT2D eigenvalue weighted by Gasteiger charge is -2.09. The summed E-state index contributed by atoms with van der Waals surface area (Å²) in [6.07, 6.45) is 0.972. The van der Waals surface area contributed by atoms with Crippen molar-refractivity contribution in [2.24, 2.45) is 0 Å². The average molecular weight is 316 g/mol. The van der Waals surface area contributed by atoms with Crippen molar-refractivity contribution < 1.29 is 13.2 Å². The van der Waals surface area contributed by atoms with Crippen LogP contribution < -0.4 is 0 Å². The van der Waals surface area contributed by atoms with Gasteiger partial charge < -0.3 is 0 Å². The Morgan fingerprint density at radius 3 is 2.53 bits per heavy atom. The molecule has 90 valence electrons. The van der Waals surface area contributed by atoms with Crippen molar-refractivity contribution in [3.05, 3.63) is 34.3 Å². The summed E-state index contributed by atoms with van der Waals surface area (Å²) in [5.74, 6) is -2.28. The molecule has 0 saturated heterocycles. The molecule has 0 amide bonds. The van der Waals surface area contributed by atoms with Crippen LogP contribution in [0.2, 0.25) is 0 Å². The van der Waals surface area contributed by atoms with E-state index in [1.807, 2.05) is 6.07 Å². The van der Waals surface area contributed by atoms with E-state index in [-0.39, 0.29) is 0 Å². The summed E-state index contributed by atoms with van der Waals surface area (Å²) in [7, 11) is -3.42. The molecule has 0 heterocycles. The Morgan fingerprint density at radius 2 is 2.06 bits per heavy atom. The zero-order valence-corrected chi connectivity index (χ0v) is 11.5. The largest absolute Gasteiger partial charge is 0.297 e. The molecule has 1 unspecified atom stereocenters. The van der Waals surface area contributed by atoms with Crippen LogP contribution >= 0.6 is 15.9 Å². The molecule has 0 aliphatic rings. The second kappa shape index (κ2) is 5.43. The van der Waals surface area contributed by atoms with Crippen molar-refractivity contribution >= 4 is 31.6 Å². The number of halogens is 1. The van der Waals surface area contributed by atoms with Crippen molar-refractivity contribution in [1.82, 2.24) is 0 Å². The van der Waals surface area contributed by atoms with E-state index in [0.29, 0.717) is 10.0 Å². The number of sulfone groups is 1. The van der Waals surface area contributed by atoms with E-state index in [1.165, 1.54) is 0 Å². The first-order valence-corrected chi connectivity index (χ1v) is 7.55. The minimum absolute atomic E-state index is 0.489. The van der Waals surface area contributed by atoms with Crippen molar-refractivity contribution in [1.29, 1.82) is 5.26 Å². The smallest absolute Gasteiger partial charge is 0.169 e. The number of hydrogen-bond acceptors (Lipinski definition) is 4. The summed E-state index contributed by atoms with van der Waals surface area (Å²) in [6, 6.07) is 8.61. The number of carbonyl (C=O) groups excluding carboxylic acids is 1. The van der Waals surface area contributed by atoms with E-state index >= 15 is 0 Å². The Morgan fingerprint density at radius 1 is 1.47 bits per heavy atom. The molecule has 1 atom stereocenters. The van der Waals surface area contributed by atoms with E-state index in [1.54, 1.807) is 24.3 Å². The van der Waals surface area contributed by atoms with Gasteiger partial charge in [-0.25, -0.2) is 8.42 Å². The van der Waals surface area contributed by atoms with Gasteiger partial charge in [-0.3, -0.25) is 4.79 Å². The highest BCUT2D eigenvalue weighted by molar-refractivity contribution is 9.10. The lowest BCUT2D eigenvalue weighted by Crippen LogP contribution is -2.21. The van der Waals surface area contributed by atoms with Gasteiger partial charge in [-0.15, -0.1) is 0 Å². The second-order valence-corrected chi connectivity index (χ2v) is 6.61. The molecule has 6 heteroatoms. The standard InChI is InChI=1S/C11H10BrNO3S/c1-17(15,16)7-11(14)9(6-13)8-4-2-3-5-10(8)12/h2-5,9H,7H2,1H3. The maximum Gasteiger partial charge on any atom is 0.169 e. The lowest BCUT2D eigenvalue weighted by molar-refractivity contribution is -0.116. The Labute approximate surface area is 108 Å². The first-order chi connectivity index (χ1) is 7.85. The zero-order valence-electron chi connectivity index (χ0n) is 9.05. The van der Waals surface area contributed by atoms with E-state index in [4.69, 9.17) is 5.26 Å². The number of hydrogen-bond donors (Lipinski definition) is 0. The number of Topliss-reactive ketones (excluding diaryl/α,β-unsaturated/α-hetero) is 1. The number of ketones is 1. The molecule has 1 aromatic carbocycles. The minimum Gasteiger partial charge on any atom is -0.297 e. The highest BCUT2D eigenvalue weighted by atomic mass is 79.9. The van der Waals surface area contributed by atoms with E-state index in [0.717, 1.165) is 6.26 Å². The van der Waals surface area contributed by atoms with Crippen LogP contribution in [0, 0.1) is 11.3 Å². The van der Waals surface area contributed by atoms with Gasteiger partial charge in [-0.1, -0.05) is 34.1 Å². The van der Waals surface area contributed by atoms with Gasteiger partial charge in [0.25, 0.3) is 0 Å². The maximum absolute atomic E-state index is 11.7. The molecule has 0 N–H and O–H groups in total. The molecular weight excluding hydrogens is 306 g/mol. The van der Waals surface area contributed by atoms with E-state index in [9.17, 15) is 13.2 Å². The van der Waals surface area contributed by atoms with Crippen molar-refractivity contribution in [3.8, 4) is 6.07 Å². The molecule has 0 aliphatic carbocycles. The molecule has 1 aromatic rings. The normalized spacial score (nSPS) is 12.8. The molecule has 0 aromatic heterocycles. The number of rotatable bonds is 4. The maximum atomic E-state index is 11.7. The van der Waals surface area contributed by atoms with Crippen molar-refractivity contribution in [2.45, 2.75) is 5.92 Å². The molecule has 0 saturated carbocycles. The van der Waals surface area contributed by atoms with Crippen molar-refractivity contribution in [3.63, 3.8) is 0 Å². The summed E-state index contributed by atoms with van der Waals surface area (Å²) in [5, 5.41) is 8.98. The third-order valence-corrected chi connectivity index (χ3v) is 3.60. The van der Waals surface area contributed by atoms with Gasteiger partial charge in [-0.2, -0.15) is 5.26 Å². The molecule has 17 heavy (non-hydrogen) atoms. The average Bonchev–Trinajstić information content (AvgIpc) is 2.19. The van der Waals surface area contributed by atoms with Crippen LogP contribution in [0.3, 0.4) is 0 Å². The fourth-order valence-electron chi connectivity index (χ4n) is 1.37. The predicted molar refractivity (Wildman–Crippen MR) is 67.2 cm³/mol. The van der Waals surface area contributed by atoms with Crippen LogP contribution in [0.4, 0.5) is 0 Å². The van der Waals surface area contributed by atoms with Gasteiger partial charge in [0, 0.05) is 10.7 Å². The van der Waals surface area contributed by atoms with Crippen LogP contribution in [-0.4, -0.2) is 26.2 Å². The number of nitriles is 1. The quantitative estimate of drug-likeness (QED) is 0.847. The monoisotopic (exact) mass is 315 g/mol. The fourth-order valence-corrected chi connectivity index (χ4v) is 2.56. The van der Waals surface area contributed by atoms with Gasteiger partial charge in [-0.05, 0) is 11.6 Å². The predicted octanol–water partition coefficient (Wildman–Crippen LogP) is 1.67. The Hall–Kier alpha value is -1.19. The molecular formula is C11H10BrNO3S. The molecule has 0 bridgehead atoms. The zero-order chi connectivity index (χ0) is 13.1. The van der Waals surface area contributed by atoms with Crippen LogP contribution in [0.25, 0.3) is 0 Å². The lowest BCUT2D eigenvalue weighted by atomic mass is 9.97. The van der Waals surface area contributed by atoms with Crippen molar-refractivity contribution in [2.75, 3.05) is 12.0 Å². The first-order valence-electron chi connectivity index (χ1n) is 4.69. The molecule has 0 spiro atoms. The van der Waals surface area contributed by atoms with Crippen LogP contribution in [-0.2, 0) is 14.6 Å². The summed E-state index contributed by atoms with van der Waals surface area (Å²) in [5.41, 5.74) is 0.489. The SMILES string of the molecule is CS(=O)(=O)CC(=O)C(C#N)c1ccccc1Br. The summed E-state index contributed by atoms with van der Waals surface area (Å²) in [6.45, 7) is 0. The fraction of sp³-hybridized carbons (Fsp3) is 0.273. The Kier molecular flexibility index (Phi) is 4.43. The first kappa shape index (κ1) is 13.9. The van der Waals surface area contributed by atoms with Gasteiger partial charge in [0.15, 0.2) is 15.6 Å². The third-order valence-electron chi connectivity index (χ3n) is 2.07. The summed E-state index contributed by atoms with van der Waals surface area (Å²) >= 11 is 3.23. The number of nitrogens with zero attached hydrogens (tertiary/aromatic N) is 1. The van der Waals surface area contributed by atoms with Crippen LogP contribution in [0.5, 0.6) is 0 Å². The summed E-state index contributed by atoms with van der Waals surface area (Å²) in [4.78, 5) is 11.7. The Bertz CT molecular complexity index is 575. The van der Waals surface area contributed by atoms with E-state index < -0.39 is 27.3 Å². The highest BCUT2D eigenvalue weighted by Crippen LogP contribution is 2.25. The second-order valence-electron chi connectivity index (χ2n) is 3.62. The van der Waals surface area contributed by atoms with Gasteiger partial charge >= 0.3 is 0 Å². The molecule has 1 rings (SSSR count). The van der Waals surface area contributed by atoms with Crippen LogP contribution in [0.15, 0.2) is 28.7 Å². The van der Waals surface area contributed by atoms with Gasteiger partial charge in [0.1, 0.15) is 11.7 Å². The number of benzene rings is 1. The Balaban J connectivity index is 3.06. The van der Waals surface area contributed by atoms with Crippen LogP contribution in [0.1, 0.15) is 11.5 Å². The van der Waals surface area contributed by atoms with Gasteiger partial charge in [0.05, 0.1) is 6.07 Å². The molecule has 0 fully saturated rings. The molecule has 0 radical (unpaired) electrons. The van der Waals surface area contributed by atoms with E-state index in [2.05, 4.69) is 15.9 Å². The third kappa shape index (κ3) is 3.95. The molecule has 0 aliphatic heterocycles. The number of carbonyl (C=O) groups is 1. The highest BCUT2D eigenvalue weighted by Gasteiger charge is 2.24.